The van der Waals surface area contributed by atoms with Crippen LogP contribution in [0.25, 0.3) is 28.2 Å². The number of tetrazole rings is 1. The minimum absolute atomic E-state index is 0.127. The number of carboxylic acid groups (broad SMARTS) is 1. The van der Waals surface area contributed by atoms with Crippen molar-refractivity contribution in [3.8, 4) is 28.2 Å². The Bertz CT molecular complexity index is 1070. The van der Waals surface area contributed by atoms with E-state index in [1.54, 1.807) is 11.5 Å². The van der Waals surface area contributed by atoms with Crippen LogP contribution < -0.4 is 0 Å². The molecular formula is C18H14N6O2. The number of carbonyl (C=O) groups is 1. The second-order valence-electron chi connectivity index (χ2n) is 5.66. The van der Waals surface area contributed by atoms with Crippen molar-refractivity contribution in [2.24, 2.45) is 0 Å². The Hall–Kier alpha value is -3.81. The Morgan fingerprint density at radius 2 is 1.81 bits per heavy atom. The summed E-state index contributed by atoms with van der Waals surface area (Å²) in [4.78, 5) is 15.5. The zero-order valence-electron chi connectivity index (χ0n) is 13.8. The van der Waals surface area contributed by atoms with Crippen LogP contribution in [0.2, 0.25) is 0 Å². The SMILES string of the molecule is Cc1ncc(C(=O)O)n1-c1ccc(-c2ccccc2-c2nn[nH]n2)cc1. The molecule has 26 heavy (non-hydrogen) atoms. The highest BCUT2D eigenvalue weighted by Crippen LogP contribution is 2.30. The van der Waals surface area contributed by atoms with Gasteiger partial charge in [-0.25, -0.2) is 9.78 Å². The van der Waals surface area contributed by atoms with Crippen LogP contribution in [0.1, 0.15) is 16.3 Å². The topological polar surface area (TPSA) is 110 Å². The Morgan fingerprint density at radius 1 is 1.08 bits per heavy atom. The zero-order chi connectivity index (χ0) is 18.1. The number of H-pyrrole nitrogens is 1. The molecule has 8 heteroatoms. The first-order valence-corrected chi connectivity index (χ1v) is 7.86. The van der Waals surface area contributed by atoms with Gasteiger partial charge in [-0.15, -0.1) is 10.2 Å². The number of hydrogen-bond donors (Lipinski definition) is 2. The normalized spacial score (nSPS) is 10.8. The minimum Gasteiger partial charge on any atom is -0.477 e. The number of carboxylic acids is 1. The molecular weight excluding hydrogens is 332 g/mol. The second-order valence-corrected chi connectivity index (χ2v) is 5.66. The van der Waals surface area contributed by atoms with Crippen LogP contribution in [0.15, 0.2) is 54.7 Å². The largest absolute Gasteiger partial charge is 0.477 e. The maximum absolute atomic E-state index is 11.4. The van der Waals surface area contributed by atoms with Gasteiger partial charge in [-0.3, -0.25) is 4.57 Å². The number of aromatic carboxylic acids is 1. The van der Waals surface area contributed by atoms with Crippen LogP contribution in [-0.4, -0.2) is 41.3 Å². The molecule has 4 rings (SSSR count). The predicted molar refractivity (Wildman–Crippen MR) is 93.9 cm³/mol. The van der Waals surface area contributed by atoms with Crippen molar-refractivity contribution in [2.75, 3.05) is 0 Å². The summed E-state index contributed by atoms with van der Waals surface area (Å²) in [6.45, 7) is 1.77. The monoisotopic (exact) mass is 346 g/mol. The summed E-state index contributed by atoms with van der Waals surface area (Å²) in [6, 6.07) is 15.3. The van der Waals surface area contributed by atoms with Crippen molar-refractivity contribution >= 4 is 5.97 Å². The van der Waals surface area contributed by atoms with Gasteiger partial charge in [-0.2, -0.15) is 5.21 Å². The van der Waals surface area contributed by atoms with E-state index in [0.717, 1.165) is 22.4 Å². The molecule has 0 saturated carbocycles. The molecule has 4 aromatic rings. The van der Waals surface area contributed by atoms with Gasteiger partial charge in [0.1, 0.15) is 5.82 Å². The summed E-state index contributed by atoms with van der Waals surface area (Å²) >= 11 is 0. The van der Waals surface area contributed by atoms with Crippen molar-refractivity contribution in [1.29, 1.82) is 0 Å². The number of benzene rings is 2. The molecule has 0 atom stereocenters. The summed E-state index contributed by atoms with van der Waals surface area (Å²) in [7, 11) is 0. The fourth-order valence-electron chi connectivity index (χ4n) is 2.92. The Morgan fingerprint density at radius 3 is 2.46 bits per heavy atom. The van der Waals surface area contributed by atoms with Gasteiger partial charge in [-0.1, -0.05) is 36.4 Å². The lowest BCUT2D eigenvalue weighted by molar-refractivity contribution is 0.0688. The summed E-state index contributed by atoms with van der Waals surface area (Å²) < 4.78 is 1.61. The Kier molecular flexibility index (Phi) is 3.77. The smallest absolute Gasteiger partial charge is 0.354 e. The lowest BCUT2D eigenvalue weighted by Gasteiger charge is -2.10. The molecule has 2 heterocycles. The average molecular weight is 346 g/mol. The first-order chi connectivity index (χ1) is 12.6. The van der Waals surface area contributed by atoms with Gasteiger partial charge in [-0.05, 0) is 35.4 Å². The molecule has 8 nitrogen and oxygen atoms in total. The number of aromatic amines is 1. The van der Waals surface area contributed by atoms with E-state index in [-0.39, 0.29) is 5.69 Å². The molecule has 0 bridgehead atoms. The Labute approximate surface area is 148 Å². The van der Waals surface area contributed by atoms with E-state index in [2.05, 4.69) is 25.6 Å². The number of hydrogen-bond acceptors (Lipinski definition) is 5. The van der Waals surface area contributed by atoms with E-state index in [9.17, 15) is 9.90 Å². The molecule has 2 aromatic carbocycles. The van der Waals surface area contributed by atoms with E-state index < -0.39 is 5.97 Å². The predicted octanol–water partition coefficient (Wildman–Crippen LogP) is 2.73. The van der Waals surface area contributed by atoms with Gasteiger partial charge in [0.15, 0.2) is 5.69 Å². The zero-order valence-corrected chi connectivity index (χ0v) is 13.8. The maximum atomic E-state index is 11.4. The average Bonchev–Trinajstić information content (AvgIpc) is 3.32. The number of aryl methyl sites for hydroxylation is 1. The van der Waals surface area contributed by atoms with Crippen molar-refractivity contribution in [3.63, 3.8) is 0 Å². The fraction of sp³-hybridized carbons (Fsp3) is 0.0556. The first kappa shape index (κ1) is 15.7. The number of nitrogens with one attached hydrogen (secondary N) is 1. The summed E-state index contributed by atoms with van der Waals surface area (Å²) in [5.41, 5.74) is 3.64. The molecule has 0 spiro atoms. The van der Waals surface area contributed by atoms with Gasteiger partial charge in [0.2, 0.25) is 5.82 Å². The third kappa shape index (κ3) is 2.63. The van der Waals surface area contributed by atoms with Crippen molar-refractivity contribution in [3.05, 3.63) is 66.2 Å². The summed E-state index contributed by atoms with van der Waals surface area (Å²) in [6.07, 6.45) is 1.36. The summed E-state index contributed by atoms with van der Waals surface area (Å²) in [5.74, 6) is 0.114. The van der Waals surface area contributed by atoms with E-state index in [1.165, 1.54) is 6.20 Å². The molecule has 0 aliphatic heterocycles. The second kappa shape index (κ2) is 6.25. The quantitative estimate of drug-likeness (QED) is 0.588. The number of nitrogens with zero attached hydrogens (tertiary/aromatic N) is 5. The number of rotatable bonds is 4. The van der Waals surface area contributed by atoms with E-state index >= 15 is 0 Å². The van der Waals surface area contributed by atoms with Crippen LogP contribution >= 0.6 is 0 Å². The molecule has 0 aliphatic carbocycles. The highest BCUT2D eigenvalue weighted by atomic mass is 16.4. The molecule has 128 valence electrons. The highest BCUT2D eigenvalue weighted by molar-refractivity contribution is 5.86. The van der Waals surface area contributed by atoms with Gasteiger partial charge in [0.25, 0.3) is 0 Å². The maximum Gasteiger partial charge on any atom is 0.354 e. The molecule has 2 N–H and O–H groups in total. The summed E-state index contributed by atoms with van der Waals surface area (Å²) in [5, 5.41) is 23.5. The number of imidazole rings is 1. The highest BCUT2D eigenvalue weighted by Gasteiger charge is 2.15. The molecule has 2 aromatic heterocycles. The van der Waals surface area contributed by atoms with Gasteiger partial charge in [0.05, 0.1) is 6.20 Å². The standard InChI is InChI=1S/C18H14N6O2/c1-11-19-10-16(18(25)26)24(11)13-8-6-12(7-9-13)14-4-2-3-5-15(14)17-20-22-23-21-17/h2-10H,1H3,(H,25,26)(H,20,21,22,23). The van der Waals surface area contributed by atoms with E-state index in [4.69, 9.17) is 0 Å². The number of aromatic nitrogens is 6. The van der Waals surface area contributed by atoms with Crippen molar-refractivity contribution < 1.29 is 9.90 Å². The fourth-order valence-corrected chi connectivity index (χ4v) is 2.92. The molecule has 0 aliphatic rings. The van der Waals surface area contributed by atoms with Crippen molar-refractivity contribution in [1.82, 2.24) is 30.2 Å². The van der Waals surface area contributed by atoms with Gasteiger partial charge < -0.3 is 5.11 Å². The first-order valence-electron chi connectivity index (χ1n) is 7.86. The lowest BCUT2D eigenvalue weighted by Crippen LogP contribution is -2.07. The van der Waals surface area contributed by atoms with E-state index in [1.807, 2.05) is 48.5 Å². The van der Waals surface area contributed by atoms with Crippen molar-refractivity contribution in [2.45, 2.75) is 6.92 Å². The molecule has 0 radical (unpaired) electrons. The third-order valence-electron chi connectivity index (χ3n) is 4.11. The van der Waals surface area contributed by atoms with Crippen LogP contribution in [0.4, 0.5) is 0 Å². The van der Waals surface area contributed by atoms with Crippen LogP contribution in [0.5, 0.6) is 0 Å². The molecule has 0 saturated heterocycles. The van der Waals surface area contributed by atoms with Gasteiger partial charge in [0, 0.05) is 11.3 Å². The lowest BCUT2D eigenvalue weighted by atomic mass is 9.99. The third-order valence-corrected chi connectivity index (χ3v) is 4.11. The van der Waals surface area contributed by atoms with Crippen LogP contribution in [0.3, 0.4) is 0 Å². The molecule has 0 amide bonds. The van der Waals surface area contributed by atoms with E-state index in [0.29, 0.717) is 11.6 Å². The molecule has 0 fully saturated rings. The Balaban J connectivity index is 1.77. The minimum atomic E-state index is -1.02. The van der Waals surface area contributed by atoms with Gasteiger partial charge >= 0.3 is 5.97 Å². The van der Waals surface area contributed by atoms with Crippen LogP contribution in [-0.2, 0) is 0 Å². The molecule has 0 unspecified atom stereocenters. The van der Waals surface area contributed by atoms with Crippen LogP contribution in [0, 0.1) is 6.92 Å².